The molecule has 1 amide bonds. The maximum atomic E-state index is 11.9. The van der Waals surface area contributed by atoms with Crippen molar-refractivity contribution < 1.29 is 18.8 Å². The van der Waals surface area contributed by atoms with Gasteiger partial charge in [-0.2, -0.15) is 0 Å². The van der Waals surface area contributed by atoms with Crippen LogP contribution in [0, 0.1) is 0 Å². The molecule has 0 bridgehead atoms. The molecule has 3 heterocycles. The molecule has 2 aromatic heterocycles. The van der Waals surface area contributed by atoms with Crippen molar-refractivity contribution in [2.24, 2.45) is 7.05 Å². The van der Waals surface area contributed by atoms with Crippen LogP contribution in [0.4, 0.5) is 0 Å². The van der Waals surface area contributed by atoms with E-state index in [4.69, 9.17) is 14.0 Å². The Morgan fingerprint density at radius 2 is 2.19 bits per heavy atom. The van der Waals surface area contributed by atoms with Crippen molar-refractivity contribution in [2.45, 2.75) is 11.7 Å². The number of benzene rings is 1. The standard InChI is InChI=1S/C15H14N6O4S/c1-21-15(17-19-20-21)26-7-14(22)16-6-10-5-12(25-18-10)9-2-3-11-13(4-9)24-8-23-11/h2-5H,6-8H2,1H3,(H,16,22). The molecular weight excluding hydrogens is 360 g/mol. The normalized spacial score (nSPS) is 12.3. The maximum absolute atomic E-state index is 11.9. The Morgan fingerprint density at radius 1 is 1.31 bits per heavy atom. The number of amides is 1. The summed E-state index contributed by atoms with van der Waals surface area (Å²) < 4.78 is 17.5. The molecule has 1 aliphatic heterocycles. The summed E-state index contributed by atoms with van der Waals surface area (Å²) in [5.74, 6) is 2.03. The minimum atomic E-state index is -0.148. The Labute approximate surface area is 151 Å². The second-order valence-corrected chi connectivity index (χ2v) is 6.34. The Bertz CT molecular complexity index is 940. The Balaban J connectivity index is 1.32. The van der Waals surface area contributed by atoms with Crippen LogP contribution in [0.1, 0.15) is 5.69 Å². The average molecular weight is 374 g/mol. The van der Waals surface area contributed by atoms with E-state index in [1.54, 1.807) is 13.1 Å². The van der Waals surface area contributed by atoms with Crippen LogP contribution in [-0.2, 0) is 18.4 Å². The van der Waals surface area contributed by atoms with Crippen LogP contribution in [0.5, 0.6) is 11.5 Å². The summed E-state index contributed by atoms with van der Waals surface area (Å²) in [5.41, 5.74) is 1.45. The molecule has 0 radical (unpaired) electrons. The first-order valence-corrected chi connectivity index (χ1v) is 8.65. The molecule has 0 spiro atoms. The van der Waals surface area contributed by atoms with Gasteiger partial charge in [0.25, 0.3) is 0 Å². The molecule has 0 unspecified atom stereocenters. The molecule has 1 N–H and O–H groups in total. The van der Waals surface area contributed by atoms with Gasteiger partial charge in [-0.05, 0) is 28.6 Å². The van der Waals surface area contributed by atoms with Gasteiger partial charge in [-0.1, -0.05) is 16.9 Å². The van der Waals surface area contributed by atoms with Crippen molar-refractivity contribution in [1.82, 2.24) is 30.7 Å². The zero-order valence-corrected chi connectivity index (χ0v) is 14.5. The third kappa shape index (κ3) is 3.47. The predicted octanol–water partition coefficient (Wildman–Crippen LogP) is 1.00. The number of rotatable bonds is 6. The molecule has 0 atom stereocenters. The molecule has 10 nitrogen and oxygen atoms in total. The van der Waals surface area contributed by atoms with Gasteiger partial charge in [-0.25, -0.2) is 4.68 Å². The first-order chi connectivity index (χ1) is 12.7. The molecular formula is C15H14N6O4S. The molecule has 0 saturated carbocycles. The van der Waals surface area contributed by atoms with Crippen LogP contribution in [0.3, 0.4) is 0 Å². The summed E-state index contributed by atoms with van der Waals surface area (Å²) in [7, 11) is 1.72. The number of nitrogens with zero attached hydrogens (tertiary/aromatic N) is 5. The van der Waals surface area contributed by atoms with Crippen LogP contribution in [0.2, 0.25) is 0 Å². The number of thioether (sulfide) groups is 1. The van der Waals surface area contributed by atoms with E-state index < -0.39 is 0 Å². The number of nitrogens with one attached hydrogen (secondary N) is 1. The number of fused-ring (bicyclic) bond motifs is 1. The van der Waals surface area contributed by atoms with E-state index >= 15 is 0 Å². The fourth-order valence-corrected chi connectivity index (χ4v) is 2.97. The minimum Gasteiger partial charge on any atom is -0.454 e. The van der Waals surface area contributed by atoms with Gasteiger partial charge in [0.2, 0.25) is 17.9 Å². The summed E-state index contributed by atoms with van der Waals surface area (Å²) in [5, 5.41) is 18.4. The number of carbonyl (C=O) groups is 1. The number of carbonyl (C=O) groups excluding carboxylic acids is 1. The Morgan fingerprint density at radius 3 is 3.04 bits per heavy atom. The van der Waals surface area contributed by atoms with Crippen molar-refractivity contribution in [3.05, 3.63) is 30.0 Å². The fourth-order valence-electron chi connectivity index (χ4n) is 2.29. The van der Waals surface area contributed by atoms with E-state index in [9.17, 15) is 4.79 Å². The van der Waals surface area contributed by atoms with Crippen molar-refractivity contribution in [1.29, 1.82) is 0 Å². The van der Waals surface area contributed by atoms with E-state index in [-0.39, 0.29) is 25.0 Å². The third-order valence-electron chi connectivity index (χ3n) is 3.60. The van der Waals surface area contributed by atoms with Crippen molar-refractivity contribution >= 4 is 17.7 Å². The summed E-state index contributed by atoms with van der Waals surface area (Å²) in [6, 6.07) is 7.29. The number of tetrazole rings is 1. The number of aryl methyl sites for hydroxylation is 1. The van der Waals surface area contributed by atoms with Crippen molar-refractivity contribution in [3.8, 4) is 22.8 Å². The van der Waals surface area contributed by atoms with E-state index in [1.807, 2.05) is 18.2 Å². The van der Waals surface area contributed by atoms with Gasteiger partial charge in [0, 0.05) is 18.7 Å². The molecule has 26 heavy (non-hydrogen) atoms. The number of ether oxygens (including phenoxy) is 2. The molecule has 4 rings (SSSR count). The molecule has 0 aliphatic carbocycles. The lowest BCUT2D eigenvalue weighted by Crippen LogP contribution is -2.24. The lowest BCUT2D eigenvalue weighted by molar-refractivity contribution is -0.118. The van der Waals surface area contributed by atoms with Crippen LogP contribution < -0.4 is 14.8 Å². The Kier molecular flexibility index (Phi) is 4.44. The predicted molar refractivity (Wildman–Crippen MR) is 89.4 cm³/mol. The smallest absolute Gasteiger partial charge is 0.231 e. The van der Waals surface area contributed by atoms with Crippen molar-refractivity contribution in [3.63, 3.8) is 0 Å². The van der Waals surface area contributed by atoms with E-state index in [0.717, 1.165) is 5.56 Å². The molecule has 1 aliphatic rings. The highest BCUT2D eigenvalue weighted by molar-refractivity contribution is 7.99. The summed E-state index contributed by atoms with van der Waals surface area (Å²) in [6.07, 6.45) is 0. The largest absolute Gasteiger partial charge is 0.454 e. The zero-order valence-electron chi connectivity index (χ0n) is 13.7. The quantitative estimate of drug-likeness (QED) is 0.631. The summed E-state index contributed by atoms with van der Waals surface area (Å²) >= 11 is 1.26. The third-order valence-corrected chi connectivity index (χ3v) is 4.61. The molecule has 0 saturated heterocycles. The monoisotopic (exact) mass is 374 g/mol. The second-order valence-electron chi connectivity index (χ2n) is 5.40. The summed E-state index contributed by atoms with van der Waals surface area (Å²) in [6.45, 7) is 0.486. The number of hydrogen-bond acceptors (Lipinski definition) is 9. The van der Waals surface area contributed by atoms with E-state index in [1.165, 1.54) is 16.4 Å². The fraction of sp³-hybridized carbons (Fsp3) is 0.267. The molecule has 0 fully saturated rings. The number of hydrogen-bond donors (Lipinski definition) is 1. The maximum Gasteiger partial charge on any atom is 0.231 e. The SMILES string of the molecule is Cn1nnnc1SCC(=O)NCc1cc(-c2ccc3c(c2)OCO3)on1. The van der Waals surface area contributed by atoms with Gasteiger partial charge in [-0.3, -0.25) is 4.79 Å². The van der Waals surface area contributed by atoms with Gasteiger partial charge >= 0.3 is 0 Å². The molecule has 11 heteroatoms. The topological polar surface area (TPSA) is 117 Å². The Hall–Kier alpha value is -3.08. The first kappa shape index (κ1) is 16.4. The summed E-state index contributed by atoms with van der Waals surface area (Å²) in [4.78, 5) is 11.9. The van der Waals surface area contributed by atoms with Crippen LogP contribution in [0.15, 0.2) is 33.9 Å². The van der Waals surface area contributed by atoms with E-state index in [2.05, 4.69) is 26.0 Å². The molecule has 1 aromatic carbocycles. The average Bonchev–Trinajstić information content (AvgIpc) is 3.38. The van der Waals surface area contributed by atoms with Crippen LogP contribution in [-0.4, -0.2) is 43.8 Å². The van der Waals surface area contributed by atoms with Gasteiger partial charge < -0.3 is 19.3 Å². The molecule has 134 valence electrons. The first-order valence-electron chi connectivity index (χ1n) is 7.66. The highest BCUT2D eigenvalue weighted by atomic mass is 32.2. The second kappa shape index (κ2) is 7.04. The van der Waals surface area contributed by atoms with Gasteiger partial charge in [0.15, 0.2) is 17.3 Å². The van der Waals surface area contributed by atoms with Gasteiger partial charge in [-0.15, -0.1) is 5.10 Å². The van der Waals surface area contributed by atoms with Crippen LogP contribution >= 0.6 is 11.8 Å². The minimum absolute atomic E-state index is 0.148. The lowest BCUT2D eigenvalue weighted by Gasteiger charge is -2.01. The van der Waals surface area contributed by atoms with Crippen LogP contribution in [0.25, 0.3) is 11.3 Å². The highest BCUT2D eigenvalue weighted by Crippen LogP contribution is 2.35. The van der Waals surface area contributed by atoms with Gasteiger partial charge in [0.05, 0.1) is 12.3 Å². The molecule has 3 aromatic rings. The number of aromatic nitrogens is 5. The zero-order chi connectivity index (χ0) is 17.9. The highest BCUT2D eigenvalue weighted by Gasteiger charge is 2.16. The van der Waals surface area contributed by atoms with Crippen molar-refractivity contribution in [2.75, 3.05) is 12.5 Å². The van der Waals surface area contributed by atoms with E-state index in [0.29, 0.717) is 28.1 Å². The van der Waals surface area contributed by atoms with Gasteiger partial charge in [0.1, 0.15) is 5.69 Å². The lowest BCUT2D eigenvalue weighted by atomic mass is 10.1.